The summed E-state index contributed by atoms with van der Waals surface area (Å²) in [6.07, 6.45) is 0. The van der Waals surface area contributed by atoms with Gasteiger partial charge in [-0.05, 0) is 19.4 Å². The van der Waals surface area contributed by atoms with Gasteiger partial charge in [-0.1, -0.05) is 30.3 Å². The lowest BCUT2D eigenvalue weighted by molar-refractivity contribution is -0.00652. The van der Waals surface area contributed by atoms with Crippen molar-refractivity contribution in [2.45, 2.75) is 25.4 Å². The number of rotatable bonds is 4. The number of ether oxygens (including phenoxy) is 1. The highest BCUT2D eigenvalue weighted by atomic mass is 16.5. The van der Waals surface area contributed by atoms with Crippen LogP contribution in [0.3, 0.4) is 0 Å². The molecule has 0 saturated carbocycles. The molecular formula is C15H24N2O. The average molecular weight is 248 g/mol. The van der Waals surface area contributed by atoms with Crippen molar-refractivity contribution in [1.29, 1.82) is 0 Å². The van der Waals surface area contributed by atoms with Gasteiger partial charge >= 0.3 is 0 Å². The van der Waals surface area contributed by atoms with Gasteiger partial charge < -0.3 is 10.1 Å². The molecule has 18 heavy (non-hydrogen) atoms. The number of nitrogens with zero attached hydrogens (tertiary/aromatic N) is 1. The third kappa shape index (κ3) is 2.91. The van der Waals surface area contributed by atoms with E-state index in [4.69, 9.17) is 4.74 Å². The lowest BCUT2D eigenvalue weighted by atomic mass is 9.95. The minimum atomic E-state index is 0.0668. The van der Waals surface area contributed by atoms with E-state index < -0.39 is 0 Å². The predicted octanol–water partition coefficient (Wildman–Crippen LogP) is 2.06. The van der Waals surface area contributed by atoms with Gasteiger partial charge in [0.05, 0.1) is 6.61 Å². The van der Waals surface area contributed by atoms with Crippen molar-refractivity contribution < 1.29 is 4.74 Å². The molecule has 1 aliphatic heterocycles. The second-order valence-electron chi connectivity index (χ2n) is 5.57. The SMILES string of the molecule is COCC(C)(C)N1CCNCC1c1ccccc1. The Bertz CT molecular complexity index is 364. The summed E-state index contributed by atoms with van der Waals surface area (Å²) in [5.74, 6) is 0. The molecule has 0 bridgehead atoms. The van der Waals surface area contributed by atoms with Crippen LogP contribution in [0.15, 0.2) is 30.3 Å². The van der Waals surface area contributed by atoms with Gasteiger partial charge in [-0.25, -0.2) is 0 Å². The van der Waals surface area contributed by atoms with E-state index in [0.717, 1.165) is 26.2 Å². The highest BCUT2D eigenvalue weighted by Crippen LogP contribution is 2.29. The van der Waals surface area contributed by atoms with Gasteiger partial charge in [0.2, 0.25) is 0 Å². The Balaban J connectivity index is 2.21. The van der Waals surface area contributed by atoms with Crippen molar-refractivity contribution in [2.24, 2.45) is 0 Å². The largest absolute Gasteiger partial charge is 0.383 e. The first-order valence-electron chi connectivity index (χ1n) is 6.66. The molecule has 1 saturated heterocycles. The van der Waals surface area contributed by atoms with Crippen LogP contribution in [-0.4, -0.2) is 43.8 Å². The van der Waals surface area contributed by atoms with Crippen LogP contribution >= 0.6 is 0 Å². The molecule has 0 amide bonds. The minimum Gasteiger partial charge on any atom is -0.383 e. The molecule has 1 heterocycles. The quantitative estimate of drug-likeness (QED) is 0.882. The zero-order valence-electron chi connectivity index (χ0n) is 11.6. The number of hydrogen-bond acceptors (Lipinski definition) is 3. The Hall–Kier alpha value is -0.900. The molecule has 3 heteroatoms. The molecule has 1 atom stereocenters. The molecular weight excluding hydrogens is 224 g/mol. The minimum absolute atomic E-state index is 0.0668. The number of benzene rings is 1. The van der Waals surface area contributed by atoms with Gasteiger partial charge in [0, 0.05) is 38.3 Å². The fourth-order valence-corrected chi connectivity index (χ4v) is 2.84. The first kappa shape index (κ1) is 13.5. The third-order valence-corrected chi connectivity index (χ3v) is 3.70. The molecule has 1 aliphatic rings. The summed E-state index contributed by atoms with van der Waals surface area (Å²) in [7, 11) is 1.78. The zero-order chi connectivity index (χ0) is 13.0. The van der Waals surface area contributed by atoms with Gasteiger partial charge in [-0.15, -0.1) is 0 Å². The Morgan fingerprint density at radius 1 is 1.33 bits per heavy atom. The molecule has 1 fully saturated rings. The van der Waals surface area contributed by atoms with Crippen LogP contribution < -0.4 is 5.32 Å². The Kier molecular flexibility index (Phi) is 4.38. The maximum absolute atomic E-state index is 5.38. The summed E-state index contributed by atoms with van der Waals surface area (Å²) < 4.78 is 5.38. The molecule has 1 N–H and O–H groups in total. The molecule has 1 aromatic carbocycles. The number of piperazine rings is 1. The molecule has 0 aromatic heterocycles. The maximum atomic E-state index is 5.38. The van der Waals surface area contributed by atoms with Crippen molar-refractivity contribution in [1.82, 2.24) is 10.2 Å². The molecule has 0 aliphatic carbocycles. The van der Waals surface area contributed by atoms with Crippen LogP contribution in [-0.2, 0) is 4.74 Å². The van der Waals surface area contributed by atoms with Crippen LogP contribution in [0.1, 0.15) is 25.5 Å². The molecule has 3 nitrogen and oxygen atoms in total. The monoisotopic (exact) mass is 248 g/mol. The standard InChI is InChI=1S/C15H24N2O/c1-15(2,12-18-3)17-10-9-16-11-14(17)13-7-5-4-6-8-13/h4-8,14,16H,9-12H2,1-3H3. The maximum Gasteiger partial charge on any atom is 0.0641 e. The molecule has 2 rings (SSSR count). The van der Waals surface area contributed by atoms with E-state index in [1.807, 2.05) is 0 Å². The normalized spacial score (nSPS) is 22.1. The van der Waals surface area contributed by atoms with Crippen molar-refractivity contribution in [3.63, 3.8) is 0 Å². The number of nitrogens with one attached hydrogen (secondary N) is 1. The van der Waals surface area contributed by atoms with Crippen LogP contribution in [0.2, 0.25) is 0 Å². The highest BCUT2D eigenvalue weighted by Gasteiger charge is 2.34. The van der Waals surface area contributed by atoms with Crippen LogP contribution in [0, 0.1) is 0 Å². The van der Waals surface area contributed by atoms with Crippen LogP contribution in [0.4, 0.5) is 0 Å². The van der Waals surface area contributed by atoms with Gasteiger partial charge in [0.15, 0.2) is 0 Å². The third-order valence-electron chi connectivity index (χ3n) is 3.70. The first-order chi connectivity index (χ1) is 8.65. The first-order valence-corrected chi connectivity index (χ1v) is 6.66. The molecule has 100 valence electrons. The Morgan fingerprint density at radius 2 is 2.06 bits per heavy atom. The van der Waals surface area contributed by atoms with E-state index >= 15 is 0 Å². The van der Waals surface area contributed by atoms with E-state index in [1.54, 1.807) is 7.11 Å². The second-order valence-corrected chi connectivity index (χ2v) is 5.57. The van der Waals surface area contributed by atoms with Crippen molar-refractivity contribution in [3.8, 4) is 0 Å². The van der Waals surface area contributed by atoms with E-state index in [9.17, 15) is 0 Å². The van der Waals surface area contributed by atoms with Gasteiger partial charge in [-0.2, -0.15) is 0 Å². The summed E-state index contributed by atoms with van der Waals surface area (Å²) in [6, 6.07) is 11.2. The number of methoxy groups -OCH3 is 1. The Labute approximate surface area is 110 Å². The molecule has 1 unspecified atom stereocenters. The van der Waals surface area contributed by atoms with Crippen molar-refractivity contribution in [2.75, 3.05) is 33.4 Å². The zero-order valence-corrected chi connectivity index (χ0v) is 11.6. The highest BCUT2D eigenvalue weighted by molar-refractivity contribution is 5.20. The van der Waals surface area contributed by atoms with Crippen molar-refractivity contribution in [3.05, 3.63) is 35.9 Å². The fraction of sp³-hybridized carbons (Fsp3) is 0.600. The van der Waals surface area contributed by atoms with E-state index in [2.05, 4.69) is 54.4 Å². The number of hydrogen-bond donors (Lipinski definition) is 1. The smallest absolute Gasteiger partial charge is 0.0641 e. The van der Waals surface area contributed by atoms with Gasteiger partial charge in [0.1, 0.15) is 0 Å². The van der Waals surface area contributed by atoms with Gasteiger partial charge in [-0.3, -0.25) is 4.90 Å². The average Bonchev–Trinajstić information content (AvgIpc) is 2.40. The summed E-state index contributed by atoms with van der Waals surface area (Å²) in [4.78, 5) is 2.56. The Morgan fingerprint density at radius 3 is 2.72 bits per heavy atom. The summed E-state index contributed by atoms with van der Waals surface area (Å²) in [6.45, 7) is 8.41. The molecule has 0 spiro atoms. The molecule has 0 radical (unpaired) electrons. The van der Waals surface area contributed by atoms with E-state index in [-0.39, 0.29) is 5.54 Å². The topological polar surface area (TPSA) is 24.5 Å². The summed E-state index contributed by atoms with van der Waals surface area (Å²) in [5.41, 5.74) is 1.45. The van der Waals surface area contributed by atoms with E-state index in [0.29, 0.717) is 6.04 Å². The summed E-state index contributed by atoms with van der Waals surface area (Å²) in [5, 5.41) is 3.50. The van der Waals surface area contributed by atoms with Crippen LogP contribution in [0.25, 0.3) is 0 Å². The van der Waals surface area contributed by atoms with Crippen molar-refractivity contribution >= 4 is 0 Å². The second kappa shape index (κ2) is 5.83. The van der Waals surface area contributed by atoms with Crippen LogP contribution in [0.5, 0.6) is 0 Å². The fourth-order valence-electron chi connectivity index (χ4n) is 2.84. The predicted molar refractivity (Wildman–Crippen MR) is 74.7 cm³/mol. The lowest BCUT2D eigenvalue weighted by Crippen LogP contribution is -2.56. The van der Waals surface area contributed by atoms with E-state index in [1.165, 1.54) is 5.56 Å². The lowest BCUT2D eigenvalue weighted by Gasteiger charge is -2.46. The summed E-state index contributed by atoms with van der Waals surface area (Å²) >= 11 is 0. The van der Waals surface area contributed by atoms with Gasteiger partial charge in [0.25, 0.3) is 0 Å². The molecule has 1 aromatic rings.